The molecule has 0 saturated carbocycles. The summed E-state index contributed by atoms with van der Waals surface area (Å²) in [6.45, 7) is 6.22. The lowest BCUT2D eigenvalue weighted by Gasteiger charge is -2.29. The number of ether oxygens (including phenoxy) is 1. The maximum atomic E-state index is 5.92. The smallest absolute Gasteiger partial charge is 0.158 e. The van der Waals surface area contributed by atoms with Crippen LogP contribution in [0.25, 0.3) is 0 Å². The largest absolute Gasteiger partial charge is 0.378 e. The van der Waals surface area contributed by atoms with Gasteiger partial charge < -0.3 is 15.0 Å². The predicted molar refractivity (Wildman–Crippen MR) is 122 cm³/mol. The average Bonchev–Trinajstić information content (AvgIpc) is 3.32. The van der Waals surface area contributed by atoms with Crippen LogP contribution in [0.2, 0.25) is 0 Å². The van der Waals surface area contributed by atoms with Gasteiger partial charge in [0.05, 0.1) is 25.9 Å². The lowest BCUT2D eigenvalue weighted by Crippen LogP contribution is -2.36. The Hall–Kier alpha value is -3.16. The second-order valence-electron chi connectivity index (χ2n) is 7.86. The summed E-state index contributed by atoms with van der Waals surface area (Å²) < 4.78 is 5.46. The van der Waals surface area contributed by atoms with E-state index in [1.54, 1.807) is 6.33 Å². The van der Waals surface area contributed by atoms with Crippen LogP contribution in [0.15, 0.2) is 60.9 Å². The highest BCUT2D eigenvalue weighted by atomic mass is 16.7. The van der Waals surface area contributed by atoms with Gasteiger partial charge in [0, 0.05) is 37.0 Å². The maximum Gasteiger partial charge on any atom is 0.158 e. The van der Waals surface area contributed by atoms with E-state index < -0.39 is 0 Å². The molecular weight excluding hydrogens is 390 g/mol. The van der Waals surface area contributed by atoms with Gasteiger partial charge in [-0.1, -0.05) is 30.3 Å². The topological polar surface area (TPSA) is 62.8 Å². The lowest BCUT2D eigenvalue weighted by atomic mass is 10.0. The Balaban J connectivity index is 1.34. The summed E-state index contributed by atoms with van der Waals surface area (Å²) >= 11 is 0. The first-order valence-corrected chi connectivity index (χ1v) is 10.8. The number of hydroxylamine groups is 1. The molecule has 0 bridgehead atoms. The van der Waals surface area contributed by atoms with Crippen LogP contribution in [-0.4, -0.2) is 42.9 Å². The quantitative estimate of drug-likeness (QED) is 0.666. The van der Waals surface area contributed by atoms with E-state index in [-0.39, 0.29) is 6.04 Å². The Bertz CT molecular complexity index is 1020. The number of hydrogen-bond donors (Lipinski definition) is 1. The molecule has 0 spiro atoms. The highest BCUT2D eigenvalue weighted by molar-refractivity contribution is 5.66. The molecule has 7 nitrogen and oxygen atoms in total. The number of aromatic nitrogens is 2. The van der Waals surface area contributed by atoms with Crippen molar-refractivity contribution in [1.82, 2.24) is 9.97 Å². The van der Waals surface area contributed by atoms with Crippen LogP contribution in [0.1, 0.15) is 23.6 Å². The molecule has 2 aromatic carbocycles. The normalized spacial score (nSPS) is 18.9. The Labute approximate surface area is 182 Å². The third-order valence-corrected chi connectivity index (χ3v) is 5.82. The fourth-order valence-electron chi connectivity index (χ4n) is 4.15. The number of aryl methyl sites for hydroxylation is 1. The van der Waals surface area contributed by atoms with Gasteiger partial charge in [-0.15, -0.1) is 0 Å². The SMILES string of the molecule is Cc1cc(N2CCOCC2)ccc1Nc1cc(N2OCC[C@@H]2c2ccccc2)ncn1. The number of rotatable bonds is 5. The van der Waals surface area contributed by atoms with Gasteiger partial charge in [-0.25, -0.2) is 15.0 Å². The monoisotopic (exact) mass is 417 g/mol. The molecule has 2 aliphatic heterocycles. The first kappa shape index (κ1) is 19.8. The van der Waals surface area contributed by atoms with Crippen molar-refractivity contribution in [3.8, 4) is 0 Å². The van der Waals surface area contributed by atoms with Crippen molar-refractivity contribution < 1.29 is 9.57 Å². The van der Waals surface area contributed by atoms with E-state index in [4.69, 9.17) is 9.57 Å². The van der Waals surface area contributed by atoms with E-state index in [1.807, 2.05) is 17.2 Å². The van der Waals surface area contributed by atoms with Crippen molar-refractivity contribution in [3.05, 3.63) is 72.1 Å². The van der Waals surface area contributed by atoms with Gasteiger partial charge in [0.25, 0.3) is 0 Å². The Morgan fingerprint density at radius 3 is 2.61 bits per heavy atom. The van der Waals surface area contributed by atoms with Crippen molar-refractivity contribution in [2.45, 2.75) is 19.4 Å². The second kappa shape index (κ2) is 8.91. The average molecular weight is 418 g/mol. The molecule has 1 N–H and O–H groups in total. The van der Waals surface area contributed by atoms with Crippen molar-refractivity contribution in [3.63, 3.8) is 0 Å². The molecule has 0 radical (unpaired) electrons. The first-order valence-electron chi connectivity index (χ1n) is 10.8. The van der Waals surface area contributed by atoms with E-state index in [2.05, 4.69) is 69.6 Å². The van der Waals surface area contributed by atoms with Crippen LogP contribution in [0.3, 0.4) is 0 Å². The van der Waals surface area contributed by atoms with Gasteiger partial charge in [-0.3, -0.25) is 4.84 Å². The van der Waals surface area contributed by atoms with E-state index >= 15 is 0 Å². The molecule has 31 heavy (non-hydrogen) atoms. The van der Waals surface area contributed by atoms with Crippen molar-refractivity contribution in [2.75, 3.05) is 48.2 Å². The zero-order valence-corrected chi connectivity index (χ0v) is 17.7. The van der Waals surface area contributed by atoms with E-state index in [0.717, 1.165) is 50.0 Å². The first-order chi connectivity index (χ1) is 15.3. The zero-order valence-electron chi connectivity index (χ0n) is 17.7. The molecular formula is C24H27N5O2. The van der Waals surface area contributed by atoms with Gasteiger partial charge in [0.2, 0.25) is 0 Å². The lowest BCUT2D eigenvalue weighted by molar-refractivity contribution is 0.122. The summed E-state index contributed by atoms with van der Waals surface area (Å²) in [6, 6.07) is 19.0. The third kappa shape index (κ3) is 4.33. The highest BCUT2D eigenvalue weighted by Gasteiger charge is 2.29. The molecule has 1 aromatic heterocycles. The van der Waals surface area contributed by atoms with Crippen LogP contribution in [0, 0.1) is 6.92 Å². The minimum absolute atomic E-state index is 0.151. The van der Waals surface area contributed by atoms with Gasteiger partial charge >= 0.3 is 0 Å². The van der Waals surface area contributed by atoms with Crippen molar-refractivity contribution >= 4 is 23.0 Å². The van der Waals surface area contributed by atoms with E-state index in [9.17, 15) is 0 Å². The Morgan fingerprint density at radius 2 is 1.81 bits per heavy atom. The van der Waals surface area contributed by atoms with Gasteiger partial charge in [-0.05, 0) is 36.2 Å². The number of nitrogens with one attached hydrogen (secondary N) is 1. The summed E-state index contributed by atoms with van der Waals surface area (Å²) in [6.07, 6.45) is 2.51. The number of hydrogen-bond acceptors (Lipinski definition) is 7. The predicted octanol–water partition coefficient (Wildman–Crippen LogP) is 4.25. The Morgan fingerprint density at radius 1 is 0.968 bits per heavy atom. The number of nitrogens with zero attached hydrogens (tertiary/aromatic N) is 4. The molecule has 0 aliphatic carbocycles. The van der Waals surface area contributed by atoms with Gasteiger partial charge in [0.15, 0.2) is 5.82 Å². The summed E-state index contributed by atoms with van der Waals surface area (Å²) in [5.41, 5.74) is 4.65. The molecule has 2 aliphatic rings. The minimum Gasteiger partial charge on any atom is -0.378 e. The molecule has 3 aromatic rings. The number of benzene rings is 2. The fourth-order valence-corrected chi connectivity index (χ4v) is 4.15. The van der Waals surface area contributed by atoms with Crippen molar-refractivity contribution in [2.24, 2.45) is 0 Å². The van der Waals surface area contributed by atoms with Crippen LogP contribution in [0.5, 0.6) is 0 Å². The third-order valence-electron chi connectivity index (χ3n) is 5.82. The van der Waals surface area contributed by atoms with Gasteiger partial charge in [-0.2, -0.15) is 0 Å². The summed E-state index contributed by atoms with van der Waals surface area (Å²) in [5.74, 6) is 1.50. The maximum absolute atomic E-state index is 5.92. The number of morpholine rings is 1. The molecule has 2 saturated heterocycles. The Kier molecular flexibility index (Phi) is 5.69. The van der Waals surface area contributed by atoms with Crippen LogP contribution in [-0.2, 0) is 9.57 Å². The highest BCUT2D eigenvalue weighted by Crippen LogP contribution is 2.34. The van der Waals surface area contributed by atoms with Crippen molar-refractivity contribution in [1.29, 1.82) is 0 Å². The number of anilines is 4. The molecule has 0 unspecified atom stereocenters. The zero-order chi connectivity index (χ0) is 21.0. The molecule has 1 atom stereocenters. The molecule has 7 heteroatoms. The summed E-state index contributed by atoms with van der Waals surface area (Å²) in [7, 11) is 0. The van der Waals surface area contributed by atoms with Gasteiger partial charge in [0.1, 0.15) is 12.1 Å². The van der Waals surface area contributed by atoms with E-state index in [1.165, 1.54) is 16.8 Å². The fraction of sp³-hybridized carbons (Fsp3) is 0.333. The molecule has 0 amide bonds. The minimum atomic E-state index is 0.151. The molecule has 160 valence electrons. The van der Waals surface area contributed by atoms with Crippen LogP contribution >= 0.6 is 0 Å². The van der Waals surface area contributed by atoms with E-state index in [0.29, 0.717) is 6.61 Å². The van der Waals surface area contributed by atoms with Crippen LogP contribution in [0.4, 0.5) is 23.0 Å². The molecule has 2 fully saturated rings. The summed E-state index contributed by atoms with van der Waals surface area (Å²) in [4.78, 5) is 17.2. The molecule has 5 rings (SSSR count). The standard InChI is InChI=1S/C24H27N5O2/c1-18-15-20(28-10-13-30-14-11-28)7-8-21(18)27-23-16-24(26-17-25-23)29-22(9-12-31-29)19-5-3-2-4-6-19/h2-8,15-17,22H,9-14H2,1H3,(H,25,26,27)/t22-/m1/s1. The summed E-state index contributed by atoms with van der Waals surface area (Å²) in [5, 5.41) is 5.34. The molecule has 3 heterocycles. The second-order valence-corrected chi connectivity index (χ2v) is 7.86. The van der Waals surface area contributed by atoms with Crippen LogP contribution < -0.4 is 15.3 Å².